The van der Waals surface area contributed by atoms with E-state index in [1.165, 1.54) is 0 Å². The molecule has 6 heteroatoms. The summed E-state index contributed by atoms with van der Waals surface area (Å²) >= 11 is 18.6. The van der Waals surface area contributed by atoms with E-state index < -0.39 is 5.91 Å². The highest BCUT2D eigenvalue weighted by Crippen LogP contribution is 2.39. The summed E-state index contributed by atoms with van der Waals surface area (Å²) in [7, 11) is 1.80. The predicted molar refractivity (Wildman–Crippen MR) is 96.6 cm³/mol. The van der Waals surface area contributed by atoms with Gasteiger partial charge in [0.1, 0.15) is 5.69 Å². The van der Waals surface area contributed by atoms with Crippen LogP contribution in [0.2, 0.25) is 15.1 Å². The van der Waals surface area contributed by atoms with Crippen molar-refractivity contribution in [3.63, 3.8) is 0 Å². The van der Waals surface area contributed by atoms with Gasteiger partial charge in [-0.3, -0.25) is 4.79 Å². The Morgan fingerprint density at radius 1 is 1.04 bits per heavy atom. The predicted octanol–water partition coefficient (Wildman–Crippen LogP) is 5.21. The third-order valence-electron chi connectivity index (χ3n) is 3.96. The minimum atomic E-state index is -0.481. The first-order valence-electron chi connectivity index (χ1n) is 6.85. The topological polar surface area (TPSA) is 48.0 Å². The van der Waals surface area contributed by atoms with E-state index in [4.69, 9.17) is 40.5 Å². The molecule has 0 saturated carbocycles. The summed E-state index contributed by atoms with van der Waals surface area (Å²) in [5.41, 5.74) is 9.24. The molecule has 0 fully saturated rings. The second kappa shape index (κ2) is 5.75. The van der Waals surface area contributed by atoms with Gasteiger partial charge >= 0.3 is 0 Å². The van der Waals surface area contributed by atoms with E-state index >= 15 is 0 Å². The third kappa shape index (κ3) is 2.59. The SMILES string of the molecule is Cc1c(C(N)=O)n(C)c2c(-c3ccc(Cl)cc3Cl)cc(Cl)cc12. The number of aromatic nitrogens is 1. The Morgan fingerprint density at radius 3 is 2.35 bits per heavy atom. The molecule has 0 bridgehead atoms. The smallest absolute Gasteiger partial charge is 0.265 e. The van der Waals surface area contributed by atoms with E-state index in [-0.39, 0.29) is 0 Å². The van der Waals surface area contributed by atoms with Crippen molar-refractivity contribution in [2.45, 2.75) is 6.92 Å². The Balaban J connectivity index is 2.46. The number of hydrogen-bond acceptors (Lipinski definition) is 1. The van der Waals surface area contributed by atoms with Crippen LogP contribution in [0.3, 0.4) is 0 Å². The number of fused-ring (bicyclic) bond motifs is 1. The third-order valence-corrected chi connectivity index (χ3v) is 4.73. The highest BCUT2D eigenvalue weighted by molar-refractivity contribution is 6.37. The number of primary amides is 1. The number of aryl methyl sites for hydroxylation is 2. The number of hydrogen-bond donors (Lipinski definition) is 1. The molecule has 0 aliphatic rings. The van der Waals surface area contributed by atoms with E-state index in [2.05, 4.69) is 0 Å². The molecule has 0 saturated heterocycles. The van der Waals surface area contributed by atoms with Gasteiger partial charge in [-0.2, -0.15) is 0 Å². The number of carbonyl (C=O) groups is 1. The number of halogens is 3. The zero-order valence-electron chi connectivity index (χ0n) is 12.5. The number of nitrogens with zero attached hydrogens (tertiary/aromatic N) is 1. The van der Waals surface area contributed by atoms with E-state index in [0.29, 0.717) is 20.8 Å². The highest BCUT2D eigenvalue weighted by atomic mass is 35.5. The van der Waals surface area contributed by atoms with Crippen molar-refractivity contribution in [1.82, 2.24) is 4.57 Å². The van der Waals surface area contributed by atoms with Crippen LogP contribution in [-0.4, -0.2) is 10.5 Å². The molecule has 118 valence electrons. The highest BCUT2D eigenvalue weighted by Gasteiger charge is 2.20. The Hall–Kier alpha value is -1.68. The van der Waals surface area contributed by atoms with Crippen LogP contribution in [-0.2, 0) is 7.05 Å². The Bertz CT molecular complexity index is 960. The lowest BCUT2D eigenvalue weighted by Gasteiger charge is -2.10. The van der Waals surface area contributed by atoms with Gasteiger partial charge < -0.3 is 10.3 Å². The summed E-state index contributed by atoms with van der Waals surface area (Å²) in [6.07, 6.45) is 0. The largest absolute Gasteiger partial charge is 0.364 e. The maximum absolute atomic E-state index is 11.8. The molecule has 3 nitrogen and oxygen atoms in total. The number of carbonyl (C=O) groups excluding carboxylic acids is 1. The summed E-state index contributed by atoms with van der Waals surface area (Å²) in [4.78, 5) is 11.8. The molecular formula is C17H13Cl3N2O. The summed E-state index contributed by atoms with van der Waals surface area (Å²) in [6.45, 7) is 1.85. The van der Waals surface area contributed by atoms with Crippen LogP contribution in [0.1, 0.15) is 16.1 Å². The van der Waals surface area contributed by atoms with Crippen LogP contribution in [0.4, 0.5) is 0 Å². The number of benzene rings is 2. The molecule has 0 aliphatic carbocycles. The van der Waals surface area contributed by atoms with Crippen molar-refractivity contribution in [1.29, 1.82) is 0 Å². The maximum Gasteiger partial charge on any atom is 0.265 e. The minimum absolute atomic E-state index is 0.452. The van der Waals surface area contributed by atoms with E-state index in [0.717, 1.165) is 27.6 Å². The average Bonchev–Trinajstić information content (AvgIpc) is 2.70. The fraction of sp³-hybridized carbons (Fsp3) is 0.118. The molecule has 0 radical (unpaired) electrons. The van der Waals surface area contributed by atoms with Crippen LogP contribution in [0.25, 0.3) is 22.0 Å². The molecule has 2 aromatic carbocycles. The lowest BCUT2D eigenvalue weighted by molar-refractivity contribution is 0.0992. The molecule has 3 rings (SSSR count). The zero-order valence-corrected chi connectivity index (χ0v) is 14.7. The molecule has 0 unspecified atom stereocenters. The Morgan fingerprint density at radius 2 is 1.74 bits per heavy atom. The van der Waals surface area contributed by atoms with Gasteiger partial charge in [0.05, 0.1) is 5.52 Å². The zero-order chi connectivity index (χ0) is 16.9. The van der Waals surface area contributed by atoms with Gasteiger partial charge in [-0.15, -0.1) is 0 Å². The fourth-order valence-electron chi connectivity index (χ4n) is 3.00. The van der Waals surface area contributed by atoms with Crippen LogP contribution >= 0.6 is 34.8 Å². The first-order chi connectivity index (χ1) is 10.8. The van der Waals surface area contributed by atoms with E-state index in [9.17, 15) is 4.79 Å². The van der Waals surface area contributed by atoms with E-state index in [1.807, 2.05) is 25.1 Å². The molecule has 23 heavy (non-hydrogen) atoms. The molecule has 1 amide bonds. The number of rotatable bonds is 2. The van der Waals surface area contributed by atoms with Crippen LogP contribution < -0.4 is 5.73 Å². The van der Waals surface area contributed by atoms with Crippen molar-refractivity contribution in [2.75, 3.05) is 0 Å². The van der Waals surface area contributed by atoms with Gasteiger partial charge in [0.2, 0.25) is 0 Å². The summed E-state index contributed by atoms with van der Waals surface area (Å²) < 4.78 is 1.78. The first-order valence-corrected chi connectivity index (χ1v) is 7.98. The second-order valence-corrected chi connectivity index (χ2v) is 6.65. The van der Waals surface area contributed by atoms with Gasteiger partial charge in [-0.25, -0.2) is 0 Å². The quantitative estimate of drug-likeness (QED) is 0.664. The van der Waals surface area contributed by atoms with Gasteiger partial charge in [-0.05, 0) is 36.8 Å². The Labute approximate surface area is 148 Å². The molecule has 1 heterocycles. The van der Waals surface area contributed by atoms with Crippen molar-refractivity contribution in [3.8, 4) is 11.1 Å². The van der Waals surface area contributed by atoms with Crippen LogP contribution in [0.5, 0.6) is 0 Å². The van der Waals surface area contributed by atoms with Crippen LogP contribution in [0.15, 0.2) is 30.3 Å². The van der Waals surface area contributed by atoms with Crippen molar-refractivity contribution in [2.24, 2.45) is 12.8 Å². The summed E-state index contributed by atoms with van der Waals surface area (Å²) in [5.74, 6) is -0.481. The summed E-state index contributed by atoms with van der Waals surface area (Å²) in [5, 5.41) is 2.50. The molecule has 0 atom stereocenters. The normalized spacial score (nSPS) is 11.2. The lowest BCUT2D eigenvalue weighted by Crippen LogP contribution is -2.16. The molecule has 1 aromatic heterocycles. The van der Waals surface area contributed by atoms with Gasteiger partial charge in [0.25, 0.3) is 5.91 Å². The van der Waals surface area contributed by atoms with Crippen molar-refractivity contribution >= 4 is 51.6 Å². The van der Waals surface area contributed by atoms with Gasteiger partial charge in [0, 0.05) is 38.6 Å². The molecule has 3 aromatic rings. The Kier molecular flexibility index (Phi) is 4.05. The monoisotopic (exact) mass is 366 g/mol. The standard InChI is InChI=1S/C17H13Cl3N2O/c1-8-12-5-10(19)6-13(11-4-3-9(18)7-14(11)20)16(12)22(2)15(8)17(21)23/h3-7H,1-2H3,(H2,21,23). The number of nitrogens with two attached hydrogens (primary N) is 1. The van der Waals surface area contributed by atoms with Crippen LogP contribution in [0, 0.1) is 6.92 Å². The minimum Gasteiger partial charge on any atom is -0.364 e. The maximum atomic E-state index is 11.8. The van der Waals surface area contributed by atoms with Gasteiger partial charge in [-0.1, -0.05) is 40.9 Å². The second-order valence-electron chi connectivity index (χ2n) is 5.37. The molecular weight excluding hydrogens is 355 g/mol. The first kappa shape index (κ1) is 16.2. The summed E-state index contributed by atoms with van der Waals surface area (Å²) in [6, 6.07) is 8.92. The van der Waals surface area contributed by atoms with Crippen molar-refractivity contribution < 1.29 is 4.79 Å². The molecule has 0 spiro atoms. The van der Waals surface area contributed by atoms with E-state index in [1.54, 1.807) is 23.7 Å². The average molecular weight is 368 g/mol. The van der Waals surface area contributed by atoms with Crippen molar-refractivity contribution in [3.05, 3.63) is 56.7 Å². The lowest BCUT2D eigenvalue weighted by atomic mass is 10.0. The number of amides is 1. The molecule has 0 aliphatic heterocycles. The van der Waals surface area contributed by atoms with Gasteiger partial charge in [0.15, 0.2) is 0 Å². The molecule has 2 N–H and O–H groups in total. The fourth-order valence-corrected chi connectivity index (χ4v) is 3.73.